The van der Waals surface area contributed by atoms with Crippen molar-refractivity contribution in [1.82, 2.24) is 9.55 Å². The van der Waals surface area contributed by atoms with Crippen LogP contribution in [-0.2, 0) is 6.54 Å². The number of aromatic nitrogens is 2. The summed E-state index contributed by atoms with van der Waals surface area (Å²) in [4.78, 5) is 4.52. The molecule has 0 aliphatic carbocycles. The van der Waals surface area contributed by atoms with Crippen molar-refractivity contribution in [1.29, 1.82) is 0 Å². The molecule has 3 aromatic carbocycles. The van der Waals surface area contributed by atoms with Crippen LogP contribution < -0.4 is 0 Å². The van der Waals surface area contributed by atoms with E-state index in [0.717, 1.165) is 23.4 Å². The molecule has 140 valence electrons. The zero-order chi connectivity index (χ0) is 19.6. The minimum atomic E-state index is 0.971. The van der Waals surface area contributed by atoms with Crippen LogP contribution in [0.15, 0.2) is 91.1 Å². The first kappa shape index (κ1) is 17.4. The van der Waals surface area contributed by atoms with Crippen LogP contribution in [-0.4, -0.2) is 9.55 Å². The van der Waals surface area contributed by atoms with Crippen molar-refractivity contribution in [2.24, 2.45) is 0 Å². The highest BCUT2D eigenvalue weighted by atomic mass is 15.0. The molecule has 2 heteroatoms. The summed E-state index contributed by atoms with van der Waals surface area (Å²) in [7, 11) is 0. The number of nitrogens with zero attached hydrogens (tertiary/aromatic N) is 2. The van der Waals surface area contributed by atoms with E-state index in [9.17, 15) is 0 Å². The third-order valence-electron chi connectivity index (χ3n) is 5.43. The molecular formula is C27H22N2. The van der Waals surface area contributed by atoms with Gasteiger partial charge in [0.25, 0.3) is 0 Å². The third-order valence-corrected chi connectivity index (χ3v) is 5.43. The Kier molecular flexibility index (Phi) is 4.45. The molecule has 0 unspecified atom stereocenters. The Balaban J connectivity index is 1.52. The molecular weight excluding hydrogens is 352 g/mol. The molecule has 2 nitrogen and oxygen atoms in total. The standard InChI is InChI=1S/C27H22N2/c1-2-29-26-11-7-6-10-23(26)24-18-20(14-15-27(24)29)12-13-21-16-17-28-25(19-21)22-8-4-3-5-9-22/h3-19H,2H2,1H3/b13-12+. The normalized spacial score (nSPS) is 11.6. The van der Waals surface area contributed by atoms with Crippen molar-refractivity contribution >= 4 is 34.0 Å². The van der Waals surface area contributed by atoms with Gasteiger partial charge in [0.15, 0.2) is 0 Å². The predicted octanol–water partition coefficient (Wildman–Crippen LogP) is 7.05. The van der Waals surface area contributed by atoms with Gasteiger partial charge in [-0.1, -0.05) is 66.7 Å². The highest BCUT2D eigenvalue weighted by Crippen LogP contribution is 2.30. The molecule has 0 bridgehead atoms. The highest BCUT2D eigenvalue weighted by Gasteiger charge is 2.08. The zero-order valence-electron chi connectivity index (χ0n) is 16.4. The average Bonchev–Trinajstić information content (AvgIpc) is 3.11. The topological polar surface area (TPSA) is 17.8 Å². The lowest BCUT2D eigenvalue weighted by molar-refractivity contribution is 0.827. The van der Waals surface area contributed by atoms with Crippen LogP contribution in [0.1, 0.15) is 18.1 Å². The van der Waals surface area contributed by atoms with Gasteiger partial charge in [0.1, 0.15) is 0 Å². The van der Waals surface area contributed by atoms with Crippen LogP contribution in [0, 0.1) is 0 Å². The van der Waals surface area contributed by atoms with E-state index in [1.54, 1.807) is 0 Å². The van der Waals surface area contributed by atoms with Gasteiger partial charge >= 0.3 is 0 Å². The molecule has 0 radical (unpaired) electrons. The van der Waals surface area contributed by atoms with Crippen molar-refractivity contribution < 1.29 is 0 Å². The fourth-order valence-electron chi connectivity index (χ4n) is 4.03. The smallest absolute Gasteiger partial charge is 0.0707 e. The summed E-state index contributed by atoms with van der Waals surface area (Å²) in [6, 6.07) is 29.8. The largest absolute Gasteiger partial charge is 0.341 e. The molecule has 0 spiro atoms. The van der Waals surface area contributed by atoms with Crippen LogP contribution in [0.5, 0.6) is 0 Å². The van der Waals surface area contributed by atoms with Crippen LogP contribution in [0.3, 0.4) is 0 Å². The zero-order valence-corrected chi connectivity index (χ0v) is 16.4. The fraction of sp³-hybridized carbons (Fsp3) is 0.0741. The molecule has 0 saturated carbocycles. The van der Waals surface area contributed by atoms with E-state index in [4.69, 9.17) is 0 Å². The molecule has 0 saturated heterocycles. The van der Waals surface area contributed by atoms with Crippen molar-refractivity contribution in [2.75, 3.05) is 0 Å². The first-order chi connectivity index (χ1) is 14.3. The summed E-state index contributed by atoms with van der Waals surface area (Å²) < 4.78 is 2.38. The van der Waals surface area contributed by atoms with Gasteiger partial charge in [-0.2, -0.15) is 0 Å². The maximum absolute atomic E-state index is 4.52. The second kappa shape index (κ2) is 7.40. The van der Waals surface area contributed by atoms with E-state index >= 15 is 0 Å². The first-order valence-electron chi connectivity index (χ1n) is 10.0. The Morgan fingerprint density at radius 1 is 0.724 bits per heavy atom. The molecule has 2 heterocycles. The summed E-state index contributed by atoms with van der Waals surface area (Å²) >= 11 is 0. The van der Waals surface area contributed by atoms with Crippen LogP contribution in [0.4, 0.5) is 0 Å². The number of benzene rings is 3. The van der Waals surface area contributed by atoms with Gasteiger partial charge in [-0.05, 0) is 48.4 Å². The molecule has 0 atom stereocenters. The molecule has 5 rings (SSSR count). The Morgan fingerprint density at radius 2 is 1.45 bits per heavy atom. The number of hydrogen-bond donors (Lipinski definition) is 0. The average molecular weight is 374 g/mol. The second-order valence-corrected chi connectivity index (χ2v) is 7.21. The molecule has 0 N–H and O–H groups in total. The van der Waals surface area contributed by atoms with Crippen molar-refractivity contribution in [2.45, 2.75) is 13.5 Å². The van der Waals surface area contributed by atoms with E-state index in [0.29, 0.717) is 0 Å². The Bertz CT molecular complexity index is 1330. The number of aryl methyl sites for hydroxylation is 1. The van der Waals surface area contributed by atoms with Crippen molar-refractivity contribution in [3.63, 3.8) is 0 Å². The minimum absolute atomic E-state index is 0.971. The summed E-state index contributed by atoms with van der Waals surface area (Å²) in [5.74, 6) is 0. The van der Waals surface area contributed by atoms with Gasteiger partial charge in [-0.3, -0.25) is 4.98 Å². The monoisotopic (exact) mass is 374 g/mol. The van der Waals surface area contributed by atoms with Crippen LogP contribution >= 0.6 is 0 Å². The summed E-state index contributed by atoms with van der Waals surface area (Å²) in [6.45, 7) is 3.17. The molecule has 5 aromatic rings. The molecule has 2 aromatic heterocycles. The minimum Gasteiger partial charge on any atom is -0.341 e. The Morgan fingerprint density at radius 3 is 2.28 bits per heavy atom. The van der Waals surface area contributed by atoms with Gasteiger partial charge < -0.3 is 4.57 Å². The third kappa shape index (κ3) is 3.23. The second-order valence-electron chi connectivity index (χ2n) is 7.21. The van der Waals surface area contributed by atoms with Crippen LogP contribution in [0.25, 0.3) is 45.2 Å². The lowest BCUT2D eigenvalue weighted by Gasteiger charge is -2.03. The number of rotatable bonds is 4. The van der Waals surface area contributed by atoms with E-state index in [-0.39, 0.29) is 0 Å². The maximum Gasteiger partial charge on any atom is 0.0707 e. The Labute approximate surface area is 170 Å². The molecule has 29 heavy (non-hydrogen) atoms. The van der Waals surface area contributed by atoms with E-state index in [1.165, 1.54) is 27.4 Å². The quantitative estimate of drug-likeness (QED) is 0.330. The van der Waals surface area contributed by atoms with Crippen molar-refractivity contribution in [3.8, 4) is 11.3 Å². The van der Waals surface area contributed by atoms with Gasteiger partial charge in [0.2, 0.25) is 0 Å². The molecule has 0 amide bonds. The van der Waals surface area contributed by atoms with Gasteiger partial charge in [0.05, 0.1) is 5.69 Å². The molecule has 0 aliphatic rings. The van der Waals surface area contributed by atoms with E-state index in [1.807, 2.05) is 30.5 Å². The Hall–Kier alpha value is -3.65. The lowest BCUT2D eigenvalue weighted by Crippen LogP contribution is -1.92. The number of pyridine rings is 1. The van der Waals surface area contributed by atoms with Gasteiger partial charge in [-0.25, -0.2) is 0 Å². The molecule has 0 fully saturated rings. The SMILES string of the molecule is CCn1c2ccccc2c2cc(/C=C/c3ccnc(-c4ccccc4)c3)ccc21. The summed E-state index contributed by atoms with van der Waals surface area (Å²) in [5.41, 5.74) is 7.07. The highest BCUT2D eigenvalue weighted by molar-refractivity contribution is 6.08. The van der Waals surface area contributed by atoms with E-state index in [2.05, 4.69) is 89.3 Å². The lowest BCUT2D eigenvalue weighted by atomic mass is 10.1. The summed E-state index contributed by atoms with van der Waals surface area (Å²) in [5, 5.41) is 2.62. The van der Waals surface area contributed by atoms with Gasteiger partial charge in [-0.15, -0.1) is 0 Å². The molecule has 0 aliphatic heterocycles. The van der Waals surface area contributed by atoms with E-state index < -0.39 is 0 Å². The van der Waals surface area contributed by atoms with Crippen LogP contribution in [0.2, 0.25) is 0 Å². The van der Waals surface area contributed by atoms with Crippen molar-refractivity contribution in [3.05, 3.63) is 102 Å². The maximum atomic E-state index is 4.52. The fourth-order valence-corrected chi connectivity index (χ4v) is 4.03. The number of para-hydroxylation sites is 1. The predicted molar refractivity (Wildman–Crippen MR) is 124 cm³/mol. The first-order valence-corrected chi connectivity index (χ1v) is 10.0. The van der Waals surface area contributed by atoms with Gasteiger partial charge in [0, 0.05) is 40.1 Å². The number of hydrogen-bond acceptors (Lipinski definition) is 1. The summed E-state index contributed by atoms with van der Waals surface area (Å²) in [6.07, 6.45) is 6.22. The number of fused-ring (bicyclic) bond motifs is 3.